The van der Waals surface area contributed by atoms with E-state index in [1.807, 2.05) is 13.8 Å². The first-order valence-electron chi connectivity index (χ1n) is 12.1. The number of nitrogens with zero attached hydrogens (tertiary/aromatic N) is 2. The van der Waals surface area contributed by atoms with Gasteiger partial charge < -0.3 is 5.11 Å². The Morgan fingerprint density at radius 2 is 1.36 bits per heavy atom. The SMILES string of the molecule is CCCN1C(=O)[C@H]2[C@H](CC=C3[C@H]2C[C@H]2C(=O)N(CCC)C(=O)[C@H]2[C@H]3c2ccc(O)cc2)C1=O. The Bertz CT molecular complexity index is 1050. The molecule has 3 fully saturated rings. The first-order valence-corrected chi connectivity index (χ1v) is 12.1. The van der Waals surface area contributed by atoms with E-state index in [2.05, 4.69) is 6.08 Å². The summed E-state index contributed by atoms with van der Waals surface area (Å²) in [6.45, 7) is 4.70. The van der Waals surface area contributed by atoms with Crippen LogP contribution in [0.5, 0.6) is 5.75 Å². The highest BCUT2D eigenvalue weighted by molar-refractivity contribution is 6.07. The number of phenolic OH excluding ortho intramolecular Hbond substituents is 1. The van der Waals surface area contributed by atoms with Crippen molar-refractivity contribution in [2.45, 2.75) is 45.4 Å². The van der Waals surface area contributed by atoms with Gasteiger partial charge in [-0.05, 0) is 49.3 Å². The van der Waals surface area contributed by atoms with Gasteiger partial charge in [-0.1, -0.05) is 37.6 Å². The highest BCUT2D eigenvalue weighted by atomic mass is 16.3. The molecular formula is C26H30N2O5. The van der Waals surface area contributed by atoms with Crippen LogP contribution in [0, 0.1) is 29.6 Å². The van der Waals surface area contributed by atoms with Crippen LogP contribution in [0.4, 0.5) is 0 Å². The first kappa shape index (κ1) is 21.9. The van der Waals surface area contributed by atoms with E-state index in [-0.39, 0.29) is 47.1 Å². The molecule has 1 saturated carbocycles. The van der Waals surface area contributed by atoms with Crippen molar-refractivity contribution in [2.75, 3.05) is 13.1 Å². The Labute approximate surface area is 193 Å². The van der Waals surface area contributed by atoms with Gasteiger partial charge in [0, 0.05) is 19.0 Å². The third kappa shape index (κ3) is 3.15. The minimum atomic E-state index is -0.508. The average Bonchev–Trinajstić information content (AvgIpc) is 3.19. The summed E-state index contributed by atoms with van der Waals surface area (Å²) in [5.41, 5.74) is 1.86. The normalized spacial score (nSPS) is 33.2. The number of rotatable bonds is 5. The molecule has 0 spiro atoms. The van der Waals surface area contributed by atoms with Crippen LogP contribution in [0.3, 0.4) is 0 Å². The number of carbonyl (C=O) groups is 4. The number of hydrogen-bond donors (Lipinski definition) is 1. The summed E-state index contributed by atoms with van der Waals surface area (Å²) in [4.78, 5) is 55.9. The Hall–Kier alpha value is -2.96. The van der Waals surface area contributed by atoms with E-state index in [9.17, 15) is 24.3 Å². The number of benzene rings is 1. The molecule has 2 saturated heterocycles. The van der Waals surface area contributed by atoms with Gasteiger partial charge in [0.2, 0.25) is 23.6 Å². The Kier molecular flexibility index (Phi) is 5.38. The highest BCUT2D eigenvalue weighted by Gasteiger charge is 2.61. The summed E-state index contributed by atoms with van der Waals surface area (Å²) in [7, 11) is 0. The molecule has 0 bridgehead atoms. The van der Waals surface area contributed by atoms with Crippen molar-refractivity contribution in [3.8, 4) is 5.75 Å². The lowest BCUT2D eigenvalue weighted by atomic mass is 9.57. The summed E-state index contributed by atoms with van der Waals surface area (Å²) < 4.78 is 0. The predicted molar refractivity (Wildman–Crippen MR) is 120 cm³/mol. The van der Waals surface area contributed by atoms with Gasteiger partial charge in [0.15, 0.2) is 0 Å². The van der Waals surface area contributed by atoms with E-state index in [0.717, 1.165) is 11.1 Å². The van der Waals surface area contributed by atoms with Crippen molar-refractivity contribution in [1.82, 2.24) is 9.80 Å². The van der Waals surface area contributed by atoms with Gasteiger partial charge in [-0.3, -0.25) is 29.0 Å². The summed E-state index contributed by atoms with van der Waals surface area (Å²) in [5.74, 6) is -2.82. The number of likely N-dealkylation sites (tertiary alicyclic amines) is 2. The minimum Gasteiger partial charge on any atom is -0.508 e. The molecule has 0 aromatic heterocycles. The zero-order valence-corrected chi connectivity index (χ0v) is 19.1. The first-order chi connectivity index (χ1) is 15.9. The van der Waals surface area contributed by atoms with Gasteiger partial charge in [0.1, 0.15) is 5.75 Å². The highest BCUT2D eigenvalue weighted by Crippen LogP contribution is 2.57. The monoisotopic (exact) mass is 450 g/mol. The summed E-state index contributed by atoms with van der Waals surface area (Å²) in [6, 6.07) is 6.80. The zero-order chi connectivity index (χ0) is 23.4. The Morgan fingerprint density at radius 3 is 1.97 bits per heavy atom. The van der Waals surface area contributed by atoms with Crippen molar-refractivity contribution in [3.63, 3.8) is 0 Å². The number of amides is 4. The van der Waals surface area contributed by atoms with Crippen molar-refractivity contribution in [2.24, 2.45) is 29.6 Å². The second-order valence-electron chi connectivity index (χ2n) is 9.77. The number of fused-ring (bicyclic) bond motifs is 4. The summed E-state index contributed by atoms with van der Waals surface area (Å²) in [5, 5.41) is 9.82. The molecular weight excluding hydrogens is 420 g/mol. The fourth-order valence-corrected chi connectivity index (χ4v) is 6.66. The van der Waals surface area contributed by atoms with Gasteiger partial charge in [0.25, 0.3) is 0 Å². The number of phenols is 1. The third-order valence-electron chi connectivity index (χ3n) is 7.98. The number of carbonyl (C=O) groups excluding carboxylic acids is 4. The van der Waals surface area contributed by atoms with E-state index in [0.29, 0.717) is 38.8 Å². The second kappa shape index (κ2) is 8.12. The van der Waals surface area contributed by atoms with Gasteiger partial charge >= 0.3 is 0 Å². The van der Waals surface area contributed by atoms with Crippen LogP contribution >= 0.6 is 0 Å². The van der Waals surface area contributed by atoms with Crippen molar-refractivity contribution >= 4 is 23.6 Å². The molecule has 2 heterocycles. The van der Waals surface area contributed by atoms with Crippen LogP contribution in [0.1, 0.15) is 51.0 Å². The smallest absolute Gasteiger partial charge is 0.234 e. The molecule has 4 aliphatic rings. The molecule has 7 nitrogen and oxygen atoms in total. The number of imide groups is 2. The van der Waals surface area contributed by atoms with Gasteiger partial charge in [0.05, 0.1) is 23.7 Å². The molecule has 0 unspecified atom stereocenters. The van der Waals surface area contributed by atoms with Crippen LogP contribution in [-0.4, -0.2) is 51.6 Å². The maximum Gasteiger partial charge on any atom is 0.234 e. The van der Waals surface area contributed by atoms with Crippen molar-refractivity contribution in [1.29, 1.82) is 0 Å². The number of aromatic hydroxyl groups is 1. The van der Waals surface area contributed by atoms with E-state index >= 15 is 0 Å². The minimum absolute atomic E-state index is 0.105. The molecule has 174 valence electrons. The third-order valence-corrected chi connectivity index (χ3v) is 7.98. The topological polar surface area (TPSA) is 95.0 Å². The summed E-state index contributed by atoms with van der Waals surface area (Å²) >= 11 is 0. The largest absolute Gasteiger partial charge is 0.508 e. The molecule has 2 aliphatic carbocycles. The molecule has 1 aromatic rings. The van der Waals surface area contributed by atoms with E-state index in [1.54, 1.807) is 24.3 Å². The fourth-order valence-electron chi connectivity index (χ4n) is 6.66. The number of allylic oxidation sites excluding steroid dienone is 2. The molecule has 33 heavy (non-hydrogen) atoms. The van der Waals surface area contributed by atoms with Gasteiger partial charge in [-0.25, -0.2) is 0 Å². The molecule has 0 radical (unpaired) electrons. The molecule has 5 rings (SSSR count). The van der Waals surface area contributed by atoms with E-state index < -0.39 is 17.8 Å². The van der Waals surface area contributed by atoms with Gasteiger partial charge in [-0.15, -0.1) is 0 Å². The molecule has 1 N–H and O–H groups in total. The Morgan fingerprint density at radius 1 is 0.788 bits per heavy atom. The molecule has 7 heteroatoms. The van der Waals surface area contributed by atoms with Crippen molar-refractivity contribution < 1.29 is 24.3 Å². The van der Waals surface area contributed by atoms with E-state index in [4.69, 9.17) is 0 Å². The lowest BCUT2D eigenvalue weighted by Crippen LogP contribution is -2.43. The molecule has 2 aliphatic heterocycles. The van der Waals surface area contributed by atoms with E-state index in [1.165, 1.54) is 9.80 Å². The maximum absolute atomic E-state index is 13.4. The lowest BCUT2D eigenvalue weighted by molar-refractivity contribution is -0.142. The van der Waals surface area contributed by atoms with Crippen LogP contribution in [-0.2, 0) is 19.2 Å². The summed E-state index contributed by atoms with van der Waals surface area (Å²) in [6.07, 6.45) is 4.36. The standard InChI is InChI=1S/C26H30N2O5/c1-3-11-27-23(30)17-10-9-16-18(21(17)25(27)32)13-19-22(26(33)28(12-4-2)24(19)31)20(16)14-5-7-15(29)8-6-14/h5-9,17-22,29H,3-4,10-13H2,1-2H3/t17-,18+,19+,20-,21-,22+/m0/s1. The second-order valence-corrected chi connectivity index (χ2v) is 9.77. The molecule has 6 atom stereocenters. The van der Waals surface area contributed by atoms with Gasteiger partial charge in [-0.2, -0.15) is 0 Å². The molecule has 4 amide bonds. The quantitative estimate of drug-likeness (QED) is 0.550. The predicted octanol–water partition coefficient (Wildman–Crippen LogP) is 2.85. The van der Waals surface area contributed by atoms with Crippen LogP contribution in [0.25, 0.3) is 0 Å². The van der Waals surface area contributed by atoms with Crippen LogP contribution in [0.2, 0.25) is 0 Å². The fraction of sp³-hybridized carbons (Fsp3) is 0.538. The van der Waals surface area contributed by atoms with Crippen LogP contribution in [0.15, 0.2) is 35.9 Å². The average molecular weight is 451 g/mol. The maximum atomic E-state index is 13.4. The zero-order valence-electron chi connectivity index (χ0n) is 19.1. The lowest BCUT2D eigenvalue weighted by Gasteiger charge is -2.44. The van der Waals surface area contributed by atoms with Crippen molar-refractivity contribution in [3.05, 3.63) is 41.5 Å². The molecule has 1 aromatic carbocycles. The Balaban J connectivity index is 1.60. The van der Waals surface area contributed by atoms with Crippen LogP contribution < -0.4 is 0 Å². The number of hydrogen-bond acceptors (Lipinski definition) is 5.